The number of anilines is 2. The average Bonchev–Trinajstić information content (AvgIpc) is 2.63. The number of carbonyl (C=O) groups excluding carboxylic acids is 1. The fourth-order valence-corrected chi connectivity index (χ4v) is 2.54. The second-order valence-corrected chi connectivity index (χ2v) is 6.44. The molecule has 6 heteroatoms. The minimum Gasteiger partial charge on any atom is -0.486 e. The molecule has 0 aliphatic rings. The standard InChI is InChI=1S/C14H25N3O2S/c1-8(2)19-12-11(15)13(10(4)18)20-14(12)16-7-9(3)17(5)6/h8-9,16H,7,15H2,1-6H3. The van der Waals surface area contributed by atoms with Gasteiger partial charge in [-0.15, -0.1) is 11.3 Å². The maximum Gasteiger partial charge on any atom is 0.177 e. The summed E-state index contributed by atoms with van der Waals surface area (Å²) in [6, 6.07) is 0.367. The molecule has 3 N–H and O–H groups in total. The molecule has 1 rings (SSSR count). The Morgan fingerprint density at radius 3 is 2.45 bits per heavy atom. The molecule has 0 saturated heterocycles. The van der Waals surface area contributed by atoms with Gasteiger partial charge in [-0.2, -0.15) is 0 Å². The number of nitrogen functional groups attached to an aromatic ring is 1. The summed E-state index contributed by atoms with van der Waals surface area (Å²) in [5.74, 6) is 0.566. The van der Waals surface area contributed by atoms with Crippen LogP contribution in [0.15, 0.2) is 0 Å². The molecule has 1 heterocycles. The van der Waals surface area contributed by atoms with E-state index >= 15 is 0 Å². The molecule has 20 heavy (non-hydrogen) atoms. The second kappa shape index (κ2) is 6.95. The number of ether oxygens (including phenoxy) is 1. The highest BCUT2D eigenvalue weighted by molar-refractivity contribution is 7.19. The highest BCUT2D eigenvalue weighted by Crippen LogP contribution is 2.43. The third-order valence-corrected chi connectivity index (χ3v) is 4.26. The molecular weight excluding hydrogens is 274 g/mol. The number of hydrogen-bond donors (Lipinski definition) is 2. The topological polar surface area (TPSA) is 67.6 Å². The van der Waals surface area contributed by atoms with E-state index in [-0.39, 0.29) is 11.9 Å². The van der Waals surface area contributed by atoms with Crippen molar-refractivity contribution in [1.29, 1.82) is 0 Å². The zero-order valence-electron chi connectivity index (χ0n) is 13.1. The first kappa shape index (κ1) is 16.8. The van der Waals surface area contributed by atoms with Crippen LogP contribution in [-0.4, -0.2) is 43.5 Å². The lowest BCUT2D eigenvalue weighted by Crippen LogP contribution is -2.31. The van der Waals surface area contributed by atoms with Crippen molar-refractivity contribution in [2.75, 3.05) is 31.7 Å². The summed E-state index contributed by atoms with van der Waals surface area (Å²) >= 11 is 1.36. The van der Waals surface area contributed by atoms with Gasteiger partial charge in [-0.05, 0) is 34.9 Å². The SMILES string of the molecule is CC(=O)c1sc(NCC(C)N(C)C)c(OC(C)C)c1N. The first-order valence-corrected chi connectivity index (χ1v) is 7.55. The monoisotopic (exact) mass is 299 g/mol. The normalized spacial score (nSPS) is 12.8. The fraction of sp³-hybridized carbons (Fsp3) is 0.643. The highest BCUT2D eigenvalue weighted by atomic mass is 32.1. The number of thiophene rings is 1. The Hall–Kier alpha value is -1.27. The van der Waals surface area contributed by atoms with Crippen LogP contribution in [0.4, 0.5) is 10.7 Å². The molecule has 114 valence electrons. The number of carbonyl (C=O) groups is 1. The number of Topliss-reactive ketones (excluding diaryl/α,β-unsaturated/α-hetero) is 1. The van der Waals surface area contributed by atoms with E-state index in [1.54, 1.807) is 0 Å². The number of nitrogens with two attached hydrogens (primary N) is 1. The van der Waals surface area contributed by atoms with Crippen molar-refractivity contribution in [3.05, 3.63) is 4.88 Å². The lowest BCUT2D eigenvalue weighted by Gasteiger charge is -2.20. The van der Waals surface area contributed by atoms with Crippen molar-refractivity contribution >= 4 is 27.8 Å². The smallest absolute Gasteiger partial charge is 0.177 e. The Labute approximate surface area is 125 Å². The van der Waals surface area contributed by atoms with Gasteiger partial charge in [-0.25, -0.2) is 0 Å². The van der Waals surface area contributed by atoms with Gasteiger partial charge in [0.15, 0.2) is 11.5 Å². The lowest BCUT2D eigenvalue weighted by atomic mass is 10.3. The number of nitrogens with one attached hydrogen (secondary N) is 1. The largest absolute Gasteiger partial charge is 0.486 e. The van der Waals surface area contributed by atoms with Crippen molar-refractivity contribution < 1.29 is 9.53 Å². The maximum absolute atomic E-state index is 11.6. The average molecular weight is 299 g/mol. The van der Waals surface area contributed by atoms with Gasteiger partial charge in [-0.1, -0.05) is 0 Å². The van der Waals surface area contributed by atoms with Crippen LogP contribution in [0.3, 0.4) is 0 Å². The van der Waals surface area contributed by atoms with Crippen LogP contribution in [0.1, 0.15) is 37.4 Å². The molecule has 0 aliphatic carbocycles. The fourth-order valence-electron chi connectivity index (χ4n) is 1.58. The Morgan fingerprint density at radius 2 is 2.00 bits per heavy atom. The van der Waals surface area contributed by atoms with E-state index in [2.05, 4.69) is 17.1 Å². The molecule has 0 radical (unpaired) electrons. The first-order valence-electron chi connectivity index (χ1n) is 6.74. The molecule has 0 fully saturated rings. The molecule has 0 aliphatic heterocycles. The van der Waals surface area contributed by atoms with Gasteiger partial charge in [0.05, 0.1) is 16.7 Å². The van der Waals surface area contributed by atoms with E-state index < -0.39 is 0 Å². The van der Waals surface area contributed by atoms with Crippen LogP contribution < -0.4 is 15.8 Å². The van der Waals surface area contributed by atoms with E-state index in [0.717, 1.165) is 11.5 Å². The molecular formula is C14H25N3O2S. The molecule has 1 unspecified atom stereocenters. The molecule has 0 amide bonds. The summed E-state index contributed by atoms with van der Waals surface area (Å²) in [6.07, 6.45) is 0.0125. The third-order valence-electron chi connectivity index (χ3n) is 3.01. The van der Waals surface area contributed by atoms with Gasteiger partial charge in [0.1, 0.15) is 5.00 Å². The van der Waals surface area contributed by atoms with Gasteiger partial charge in [0.25, 0.3) is 0 Å². The van der Waals surface area contributed by atoms with Crippen LogP contribution in [0, 0.1) is 0 Å². The summed E-state index contributed by atoms with van der Waals surface area (Å²) in [5, 5.41) is 4.16. The summed E-state index contributed by atoms with van der Waals surface area (Å²) in [4.78, 5) is 14.3. The molecule has 1 aromatic rings. The quantitative estimate of drug-likeness (QED) is 0.758. The van der Waals surface area contributed by atoms with Gasteiger partial charge in [-0.3, -0.25) is 4.79 Å². The predicted octanol–water partition coefficient (Wildman–Crippen LogP) is 2.68. The number of rotatable bonds is 7. The van der Waals surface area contributed by atoms with E-state index in [1.165, 1.54) is 18.3 Å². The zero-order valence-corrected chi connectivity index (χ0v) is 13.9. The van der Waals surface area contributed by atoms with Crippen LogP contribution in [0.5, 0.6) is 5.75 Å². The maximum atomic E-state index is 11.6. The Morgan fingerprint density at radius 1 is 1.40 bits per heavy atom. The van der Waals surface area contributed by atoms with Crippen molar-refractivity contribution in [3.63, 3.8) is 0 Å². The van der Waals surface area contributed by atoms with Crippen molar-refractivity contribution in [2.45, 2.75) is 39.8 Å². The summed E-state index contributed by atoms with van der Waals surface area (Å²) < 4.78 is 5.76. The lowest BCUT2D eigenvalue weighted by molar-refractivity contribution is 0.102. The van der Waals surface area contributed by atoms with Crippen LogP contribution in [0.25, 0.3) is 0 Å². The Balaban J connectivity index is 2.98. The minimum atomic E-state index is -0.0326. The number of likely N-dealkylation sites (N-methyl/N-ethyl adjacent to an activating group) is 1. The third kappa shape index (κ3) is 4.11. The highest BCUT2D eigenvalue weighted by Gasteiger charge is 2.21. The van der Waals surface area contributed by atoms with Gasteiger partial charge < -0.3 is 20.7 Å². The molecule has 5 nitrogen and oxygen atoms in total. The minimum absolute atomic E-state index is 0.0125. The van der Waals surface area contributed by atoms with Crippen molar-refractivity contribution in [1.82, 2.24) is 4.90 Å². The number of ketones is 1. The number of nitrogens with zero attached hydrogens (tertiary/aromatic N) is 1. The van der Waals surface area contributed by atoms with Crippen LogP contribution in [-0.2, 0) is 0 Å². The van der Waals surface area contributed by atoms with Crippen molar-refractivity contribution in [2.24, 2.45) is 0 Å². The number of hydrogen-bond acceptors (Lipinski definition) is 6. The zero-order chi connectivity index (χ0) is 15.4. The molecule has 1 aromatic heterocycles. The summed E-state index contributed by atoms with van der Waals surface area (Å²) in [7, 11) is 4.06. The predicted molar refractivity (Wildman–Crippen MR) is 86.1 cm³/mol. The Bertz CT molecular complexity index is 469. The molecule has 0 aromatic carbocycles. The molecule has 0 saturated carbocycles. The Kier molecular flexibility index (Phi) is 5.83. The van der Waals surface area contributed by atoms with E-state index in [0.29, 0.717) is 22.4 Å². The van der Waals surface area contributed by atoms with E-state index in [9.17, 15) is 4.79 Å². The van der Waals surface area contributed by atoms with Gasteiger partial charge in [0.2, 0.25) is 0 Å². The van der Waals surface area contributed by atoms with Gasteiger partial charge in [0, 0.05) is 19.5 Å². The molecule has 0 bridgehead atoms. The molecule has 0 spiro atoms. The summed E-state index contributed by atoms with van der Waals surface area (Å²) in [6.45, 7) is 8.29. The molecule has 1 atom stereocenters. The second-order valence-electron chi connectivity index (χ2n) is 5.42. The summed E-state index contributed by atoms with van der Waals surface area (Å²) in [5.41, 5.74) is 6.47. The van der Waals surface area contributed by atoms with E-state index in [1.807, 2.05) is 27.9 Å². The van der Waals surface area contributed by atoms with Gasteiger partial charge >= 0.3 is 0 Å². The van der Waals surface area contributed by atoms with Crippen LogP contribution in [0.2, 0.25) is 0 Å². The van der Waals surface area contributed by atoms with Crippen LogP contribution >= 0.6 is 11.3 Å². The van der Waals surface area contributed by atoms with Crippen molar-refractivity contribution in [3.8, 4) is 5.75 Å². The van der Waals surface area contributed by atoms with E-state index in [4.69, 9.17) is 10.5 Å². The first-order chi connectivity index (χ1) is 9.23.